The Morgan fingerprint density at radius 3 is 1.56 bits per heavy atom. The monoisotopic (exact) mass is 272 g/mol. The molecule has 92 valence electrons. The summed E-state index contributed by atoms with van der Waals surface area (Å²) in [6.07, 6.45) is 0. The van der Waals surface area contributed by atoms with E-state index in [1.807, 2.05) is 0 Å². The molecule has 0 fully saturated rings. The number of aromatic carboxylic acids is 1. The Morgan fingerprint density at radius 1 is 1.06 bits per heavy atom. The molecule has 0 aromatic heterocycles. The number of benzene rings is 1. The molecule has 0 unspecified atom stereocenters. The van der Waals surface area contributed by atoms with E-state index in [2.05, 4.69) is 0 Å². The van der Waals surface area contributed by atoms with Crippen LogP contribution < -0.4 is 0 Å². The Balaban J connectivity index is -0.000000207. The third-order valence-electron chi connectivity index (χ3n) is 1.02. The molecule has 1 N–H and O–H groups in total. The standard InChI is InChI=1S/C7H6O2.2HNO2.Ni/c8-7(9)6-4-2-1-3-5-6;2*2-1-3;/h1-5H,(H,8,9);2*(H,2,3);/p-2. The fourth-order valence-electron chi connectivity index (χ4n) is 0.581. The van der Waals surface area contributed by atoms with Crippen LogP contribution in [0.4, 0.5) is 0 Å². The fourth-order valence-corrected chi connectivity index (χ4v) is 0.581. The number of hydrogen-bond donors (Lipinski definition) is 1. The second-order valence-electron chi connectivity index (χ2n) is 1.82. The van der Waals surface area contributed by atoms with Gasteiger partial charge in [0.05, 0.1) is 5.56 Å². The Labute approximate surface area is 99.7 Å². The van der Waals surface area contributed by atoms with Crippen LogP contribution in [0.25, 0.3) is 0 Å². The molecule has 0 aliphatic rings. The molecule has 0 amide bonds. The van der Waals surface area contributed by atoms with E-state index in [0.29, 0.717) is 5.56 Å². The van der Waals surface area contributed by atoms with Gasteiger partial charge in [0.1, 0.15) is 0 Å². The van der Waals surface area contributed by atoms with Gasteiger partial charge in [0.15, 0.2) is 0 Å². The first-order chi connectivity index (χ1) is 7.13. The van der Waals surface area contributed by atoms with Gasteiger partial charge in [-0.2, -0.15) is 0 Å². The van der Waals surface area contributed by atoms with Gasteiger partial charge in [0.2, 0.25) is 0 Å². The minimum Gasteiger partial charge on any atom is -0.478 e. The average Bonchev–Trinajstić information content (AvgIpc) is 2.21. The van der Waals surface area contributed by atoms with Crippen molar-refractivity contribution in [3.8, 4) is 0 Å². The van der Waals surface area contributed by atoms with E-state index in [1.54, 1.807) is 30.3 Å². The summed E-state index contributed by atoms with van der Waals surface area (Å²) in [6.45, 7) is 0. The zero-order valence-corrected chi connectivity index (χ0v) is 8.57. The summed E-state index contributed by atoms with van der Waals surface area (Å²) in [4.78, 5) is 26.2. The second-order valence-corrected chi connectivity index (χ2v) is 1.82. The van der Waals surface area contributed by atoms with Gasteiger partial charge in [-0.05, 0) is 12.1 Å². The van der Waals surface area contributed by atoms with Crippen molar-refractivity contribution in [2.75, 3.05) is 0 Å². The molecule has 9 heteroatoms. The van der Waals surface area contributed by atoms with Crippen LogP contribution in [0, 0.1) is 20.2 Å². The van der Waals surface area contributed by atoms with Gasteiger partial charge in [-0.25, -0.2) is 4.79 Å². The Hall–Kier alpha value is -2.02. The van der Waals surface area contributed by atoms with Crippen molar-refractivity contribution in [2.24, 2.45) is 10.7 Å². The molecule has 0 saturated heterocycles. The maximum Gasteiger partial charge on any atom is 0.335 e. The van der Waals surface area contributed by atoms with E-state index in [1.165, 1.54) is 0 Å². The van der Waals surface area contributed by atoms with E-state index < -0.39 is 5.97 Å². The SMILES string of the molecule is O=C(O)c1ccccc1.O=N[O-].O=N[O-].[Ni]. The maximum absolute atomic E-state index is 10.2. The molecule has 0 aliphatic carbocycles. The molecule has 1 aromatic carbocycles. The molecule has 0 atom stereocenters. The third kappa shape index (κ3) is 14.5. The fraction of sp³-hybridized carbons (Fsp3) is 0. The van der Waals surface area contributed by atoms with Crippen LogP contribution in [-0.4, -0.2) is 11.1 Å². The number of carboxylic acids is 1. The summed E-state index contributed by atoms with van der Waals surface area (Å²) < 4.78 is 0. The molecule has 0 heterocycles. The first-order valence-electron chi connectivity index (χ1n) is 3.32. The quantitative estimate of drug-likeness (QED) is 0.470. The average molecular weight is 273 g/mol. The normalized spacial score (nSPS) is 6.50. The molecule has 1 rings (SSSR count). The Kier molecular flexibility index (Phi) is 18.9. The van der Waals surface area contributed by atoms with Crippen LogP contribution in [0.2, 0.25) is 0 Å². The summed E-state index contributed by atoms with van der Waals surface area (Å²) in [5.41, 5.74) is 0.331. The van der Waals surface area contributed by atoms with Crippen LogP contribution in [0.1, 0.15) is 10.4 Å². The Bertz CT molecular complexity index is 288. The number of rotatable bonds is 1. The van der Waals surface area contributed by atoms with Gasteiger partial charge < -0.3 is 25.3 Å². The first-order valence-corrected chi connectivity index (χ1v) is 3.32. The van der Waals surface area contributed by atoms with Gasteiger partial charge in [-0.1, -0.05) is 18.2 Å². The van der Waals surface area contributed by atoms with Crippen molar-refractivity contribution in [3.05, 3.63) is 56.1 Å². The molecule has 0 aliphatic heterocycles. The maximum atomic E-state index is 10.2. The van der Waals surface area contributed by atoms with Crippen LogP contribution in [0.3, 0.4) is 0 Å². The molecular formula is C7H6N2NiO6-2. The first kappa shape index (κ1) is 19.5. The van der Waals surface area contributed by atoms with Crippen LogP contribution in [-0.2, 0) is 16.5 Å². The zero-order valence-electron chi connectivity index (χ0n) is 7.59. The number of carbonyl (C=O) groups is 1. The summed E-state index contributed by atoms with van der Waals surface area (Å²) in [5, 5.41) is 26.4. The molecule has 0 radical (unpaired) electrons. The van der Waals surface area contributed by atoms with E-state index in [4.69, 9.17) is 25.3 Å². The van der Waals surface area contributed by atoms with Gasteiger partial charge in [0.25, 0.3) is 0 Å². The topological polar surface area (TPSA) is 142 Å². The van der Waals surface area contributed by atoms with Crippen molar-refractivity contribution in [1.82, 2.24) is 0 Å². The van der Waals surface area contributed by atoms with Crippen LogP contribution >= 0.6 is 0 Å². The molecular weight excluding hydrogens is 267 g/mol. The molecule has 1 aromatic rings. The number of carboxylic acid groups (broad SMARTS) is 1. The number of nitrogens with zero attached hydrogens (tertiary/aromatic N) is 2. The predicted molar refractivity (Wildman–Crippen MR) is 51.7 cm³/mol. The van der Waals surface area contributed by atoms with Crippen molar-refractivity contribution >= 4 is 5.97 Å². The minimum absolute atomic E-state index is 0. The second kappa shape index (κ2) is 15.5. The van der Waals surface area contributed by atoms with E-state index in [9.17, 15) is 4.79 Å². The third-order valence-corrected chi connectivity index (χ3v) is 1.02. The Morgan fingerprint density at radius 2 is 1.38 bits per heavy atom. The largest absolute Gasteiger partial charge is 0.478 e. The summed E-state index contributed by atoms with van der Waals surface area (Å²) in [6, 6.07) is 8.30. The molecule has 0 spiro atoms. The number of hydrogen-bond acceptors (Lipinski definition) is 7. The van der Waals surface area contributed by atoms with E-state index in [-0.39, 0.29) is 16.5 Å². The van der Waals surface area contributed by atoms with Crippen LogP contribution in [0.15, 0.2) is 41.0 Å². The molecule has 16 heavy (non-hydrogen) atoms. The van der Waals surface area contributed by atoms with Gasteiger partial charge in [0, 0.05) is 16.5 Å². The van der Waals surface area contributed by atoms with Crippen molar-refractivity contribution in [3.63, 3.8) is 0 Å². The van der Waals surface area contributed by atoms with Crippen molar-refractivity contribution < 1.29 is 26.4 Å². The van der Waals surface area contributed by atoms with E-state index >= 15 is 0 Å². The van der Waals surface area contributed by atoms with E-state index in [0.717, 1.165) is 10.7 Å². The van der Waals surface area contributed by atoms with Crippen LogP contribution in [0.5, 0.6) is 0 Å². The predicted octanol–water partition coefficient (Wildman–Crippen LogP) is 1.88. The summed E-state index contributed by atoms with van der Waals surface area (Å²) in [5.74, 6) is -0.879. The smallest absolute Gasteiger partial charge is 0.335 e. The van der Waals surface area contributed by atoms with Crippen molar-refractivity contribution in [2.45, 2.75) is 0 Å². The van der Waals surface area contributed by atoms with Gasteiger partial charge in [-0.3, -0.25) is 0 Å². The minimum atomic E-state index is -0.879. The van der Waals surface area contributed by atoms with Crippen molar-refractivity contribution in [1.29, 1.82) is 0 Å². The van der Waals surface area contributed by atoms with Gasteiger partial charge in [-0.15, -0.1) is 10.7 Å². The summed E-state index contributed by atoms with van der Waals surface area (Å²) in [7, 11) is 0. The van der Waals surface area contributed by atoms with Gasteiger partial charge >= 0.3 is 5.97 Å². The molecule has 0 saturated carbocycles. The summed E-state index contributed by atoms with van der Waals surface area (Å²) >= 11 is 0. The molecule has 8 nitrogen and oxygen atoms in total. The zero-order chi connectivity index (χ0) is 12.1. The molecule has 0 bridgehead atoms.